The zero-order chi connectivity index (χ0) is 15.6. The van der Waals surface area contributed by atoms with Gasteiger partial charge in [-0.15, -0.1) is 0 Å². The minimum absolute atomic E-state index is 0.0750. The Labute approximate surface area is 149 Å². The van der Waals surface area contributed by atoms with Crippen molar-refractivity contribution in [2.24, 2.45) is 0 Å². The highest BCUT2D eigenvalue weighted by Crippen LogP contribution is 2.37. The molecule has 0 aliphatic rings. The summed E-state index contributed by atoms with van der Waals surface area (Å²) >= 11 is 18.9. The van der Waals surface area contributed by atoms with Gasteiger partial charge in [-0.1, -0.05) is 23.2 Å². The van der Waals surface area contributed by atoms with E-state index in [-0.39, 0.29) is 5.75 Å². The van der Waals surface area contributed by atoms with E-state index in [0.29, 0.717) is 26.8 Å². The summed E-state index contributed by atoms with van der Waals surface area (Å²) in [6.45, 7) is 0.507. The molecule has 0 spiro atoms. The predicted molar refractivity (Wildman–Crippen MR) is 93.8 cm³/mol. The molecule has 0 heterocycles. The standard InChI is InChI=1S/C14H11Br2Cl2NO2/c1-21-11-5-7(4-9(16)14(11)20)6-19-10-3-2-8(15)12(17)13(10)18/h2-5,19-20H,6H2,1H3. The number of hydrogen-bond donors (Lipinski definition) is 2. The number of aromatic hydroxyl groups is 1. The number of hydrogen-bond acceptors (Lipinski definition) is 3. The van der Waals surface area contributed by atoms with Gasteiger partial charge in [0, 0.05) is 11.0 Å². The number of nitrogens with one attached hydrogen (secondary N) is 1. The molecule has 0 bridgehead atoms. The Bertz CT molecular complexity index is 681. The molecule has 112 valence electrons. The quantitative estimate of drug-likeness (QED) is 0.568. The van der Waals surface area contributed by atoms with Gasteiger partial charge in [-0.2, -0.15) is 0 Å². The van der Waals surface area contributed by atoms with Crippen LogP contribution in [-0.2, 0) is 6.54 Å². The number of halogens is 4. The molecule has 7 heteroatoms. The first-order valence-electron chi connectivity index (χ1n) is 5.86. The number of anilines is 1. The molecule has 0 aliphatic heterocycles. The molecule has 0 saturated carbocycles. The van der Waals surface area contributed by atoms with Gasteiger partial charge in [0.15, 0.2) is 11.5 Å². The molecule has 0 atom stereocenters. The zero-order valence-electron chi connectivity index (χ0n) is 10.9. The molecule has 21 heavy (non-hydrogen) atoms. The molecule has 3 nitrogen and oxygen atoms in total. The van der Waals surface area contributed by atoms with Crippen LogP contribution in [0.3, 0.4) is 0 Å². The molecule has 0 radical (unpaired) electrons. The maximum absolute atomic E-state index is 9.78. The highest BCUT2D eigenvalue weighted by molar-refractivity contribution is 9.10. The van der Waals surface area contributed by atoms with Crippen molar-refractivity contribution in [1.82, 2.24) is 0 Å². The Morgan fingerprint density at radius 3 is 2.52 bits per heavy atom. The lowest BCUT2D eigenvalue weighted by atomic mass is 10.2. The van der Waals surface area contributed by atoms with E-state index in [1.807, 2.05) is 12.1 Å². The van der Waals surface area contributed by atoms with Crippen LogP contribution in [-0.4, -0.2) is 12.2 Å². The number of phenols is 1. The molecule has 0 aliphatic carbocycles. The van der Waals surface area contributed by atoms with Crippen LogP contribution in [0.25, 0.3) is 0 Å². The fraction of sp³-hybridized carbons (Fsp3) is 0.143. The number of phenolic OH excluding ortho intramolecular Hbond substituents is 1. The molecule has 0 aromatic heterocycles. The minimum atomic E-state index is 0.0750. The Morgan fingerprint density at radius 2 is 1.86 bits per heavy atom. The van der Waals surface area contributed by atoms with Crippen LogP contribution in [0.5, 0.6) is 11.5 Å². The molecule has 0 fully saturated rings. The second kappa shape index (κ2) is 7.09. The summed E-state index contributed by atoms with van der Waals surface area (Å²) in [7, 11) is 1.50. The SMILES string of the molecule is COc1cc(CNc2ccc(Br)c(Cl)c2Cl)cc(Br)c1O. The Morgan fingerprint density at radius 1 is 1.14 bits per heavy atom. The summed E-state index contributed by atoms with van der Waals surface area (Å²) in [6.07, 6.45) is 0. The summed E-state index contributed by atoms with van der Waals surface area (Å²) in [6, 6.07) is 7.22. The van der Waals surface area contributed by atoms with Gasteiger partial charge in [0.1, 0.15) is 0 Å². The minimum Gasteiger partial charge on any atom is -0.503 e. The van der Waals surface area contributed by atoms with Crippen molar-refractivity contribution in [1.29, 1.82) is 0 Å². The first-order chi connectivity index (χ1) is 9.93. The highest BCUT2D eigenvalue weighted by atomic mass is 79.9. The van der Waals surface area contributed by atoms with Crippen LogP contribution in [0, 0.1) is 0 Å². The highest BCUT2D eigenvalue weighted by Gasteiger charge is 2.11. The van der Waals surface area contributed by atoms with Gasteiger partial charge in [0.2, 0.25) is 0 Å². The van der Waals surface area contributed by atoms with Crippen LogP contribution in [0.2, 0.25) is 10.0 Å². The van der Waals surface area contributed by atoms with Gasteiger partial charge in [-0.25, -0.2) is 0 Å². The van der Waals surface area contributed by atoms with Gasteiger partial charge in [-0.3, -0.25) is 0 Å². The van der Waals surface area contributed by atoms with Crippen LogP contribution >= 0.6 is 55.1 Å². The predicted octanol–water partition coefficient (Wildman–Crippen LogP) is 5.84. The number of ether oxygens (including phenoxy) is 1. The van der Waals surface area contributed by atoms with E-state index in [9.17, 15) is 5.11 Å². The Hall–Kier alpha value is -0.620. The molecular formula is C14H11Br2Cl2NO2. The number of methoxy groups -OCH3 is 1. The topological polar surface area (TPSA) is 41.5 Å². The van der Waals surface area contributed by atoms with Crippen molar-refractivity contribution in [3.8, 4) is 11.5 Å². The van der Waals surface area contributed by atoms with Crippen molar-refractivity contribution >= 4 is 60.7 Å². The van der Waals surface area contributed by atoms with Crippen molar-refractivity contribution in [3.05, 3.63) is 48.8 Å². The van der Waals surface area contributed by atoms with Crippen molar-refractivity contribution in [2.45, 2.75) is 6.54 Å². The smallest absolute Gasteiger partial charge is 0.172 e. The van der Waals surface area contributed by atoms with Crippen molar-refractivity contribution in [2.75, 3.05) is 12.4 Å². The van der Waals surface area contributed by atoms with Gasteiger partial charge in [0.05, 0.1) is 27.3 Å². The Balaban J connectivity index is 2.21. The third-order valence-electron chi connectivity index (χ3n) is 2.83. The van der Waals surface area contributed by atoms with Gasteiger partial charge >= 0.3 is 0 Å². The normalized spacial score (nSPS) is 10.5. The second-order valence-electron chi connectivity index (χ2n) is 4.20. The van der Waals surface area contributed by atoms with Crippen LogP contribution in [0.4, 0.5) is 5.69 Å². The number of benzene rings is 2. The van der Waals surface area contributed by atoms with Gasteiger partial charge < -0.3 is 15.2 Å². The number of rotatable bonds is 4. The molecule has 0 saturated heterocycles. The summed E-state index contributed by atoms with van der Waals surface area (Å²) in [4.78, 5) is 0. The molecule has 2 N–H and O–H groups in total. The first kappa shape index (κ1) is 16.7. The van der Waals surface area contributed by atoms with Crippen LogP contribution in [0.1, 0.15) is 5.56 Å². The van der Waals surface area contributed by atoms with Gasteiger partial charge in [0.25, 0.3) is 0 Å². The maximum atomic E-state index is 9.78. The third-order valence-corrected chi connectivity index (χ3v) is 5.20. The maximum Gasteiger partial charge on any atom is 0.172 e. The molecule has 0 amide bonds. The average Bonchev–Trinajstić information content (AvgIpc) is 2.47. The van der Waals surface area contributed by atoms with Crippen LogP contribution < -0.4 is 10.1 Å². The fourth-order valence-corrected chi connectivity index (χ4v) is 3.08. The monoisotopic (exact) mass is 453 g/mol. The van der Waals surface area contributed by atoms with E-state index >= 15 is 0 Å². The van der Waals surface area contributed by atoms with E-state index in [2.05, 4.69) is 37.2 Å². The van der Waals surface area contributed by atoms with E-state index in [1.165, 1.54) is 7.11 Å². The van der Waals surface area contributed by atoms with Crippen molar-refractivity contribution < 1.29 is 9.84 Å². The fourth-order valence-electron chi connectivity index (χ4n) is 1.74. The lowest BCUT2D eigenvalue weighted by Gasteiger charge is -2.12. The zero-order valence-corrected chi connectivity index (χ0v) is 15.6. The summed E-state index contributed by atoms with van der Waals surface area (Å²) in [5, 5.41) is 13.9. The molecule has 0 unspecified atom stereocenters. The average molecular weight is 456 g/mol. The first-order valence-corrected chi connectivity index (χ1v) is 8.21. The van der Waals surface area contributed by atoms with E-state index in [1.54, 1.807) is 12.1 Å². The van der Waals surface area contributed by atoms with E-state index in [4.69, 9.17) is 27.9 Å². The lowest BCUT2D eigenvalue weighted by molar-refractivity contribution is 0.371. The summed E-state index contributed by atoms with van der Waals surface area (Å²) < 4.78 is 6.43. The summed E-state index contributed by atoms with van der Waals surface area (Å²) in [5.74, 6) is 0.479. The lowest BCUT2D eigenvalue weighted by Crippen LogP contribution is -2.01. The van der Waals surface area contributed by atoms with Crippen LogP contribution in [0.15, 0.2) is 33.2 Å². The van der Waals surface area contributed by atoms with Gasteiger partial charge in [-0.05, 0) is 61.7 Å². The summed E-state index contributed by atoms with van der Waals surface area (Å²) in [5.41, 5.74) is 1.65. The van der Waals surface area contributed by atoms with Crippen molar-refractivity contribution in [3.63, 3.8) is 0 Å². The molecular weight excluding hydrogens is 445 g/mol. The Kier molecular flexibility index (Phi) is 5.66. The molecule has 2 rings (SSSR count). The van der Waals surface area contributed by atoms with E-state index < -0.39 is 0 Å². The van der Waals surface area contributed by atoms with E-state index in [0.717, 1.165) is 15.7 Å². The molecule has 2 aromatic rings. The second-order valence-corrected chi connectivity index (χ2v) is 6.67. The molecule has 2 aromatic carbocycles. The largest absolute Gasteiger partial charge is 0.503 e. The third kappa shape index (κ3) is 3.77.